The molecule has 6 nitrogen and oxygen atoms in total. The summed E-state index contributed by atoms with van der Waals surface area (Å²) < 4.78 is 8.07. The van der Waals surface area contributed by atoms with Crippen molar-refractivity contribution in [2.24, 2.45) is 11.3 Å². The lowest BCUT2D eigenvalue weighted by Gasteiger charge is -2.72. The molecule has 0 aliphatic heterocycles. The van der Waals surface area contributed by atoms with Gasteiger partial charge in [-0.1, -0.05) is 20.8 Å². The van der Waals surface area contributed by atoms with Gasteiger partial charge in [0.1, 0.15) is 5.82 Å². The van der Waals surface area contributed by atoms with E-state index in [1.54, 1.807) is 7.11 Å². The summed E-state index contributed by atoms with van der Waals surface area (Å²) in [6.07, 6.45) is 12.2. The van der Waals surface area contributed by atoms with Crippen molar-refractivity contribution in [2.45, 2.75) is 96.1 Å². The maximum Gasteiger partial charge on any atom is 0.163 e. The molecular formula is C28H37N5O. The first-order valence-electron chi connectivity index (χ1n) is 13.1. The molecule has 4 saturated carbocycles. The fraction of sp³-hybridized carbons (Fsp3) is 0.643. The third kappa shape index (κ3) is 3.40. The summed E-state index contributed by atoms with van der Waals surface area (Å²) in [5.41, 5.74) is 5.02. The molecule has 180 valence electrons. The number of fused-ring (bicyclic) bond motifs is 1. The summed E-state index contributed by atoms with van der Waals surface area (Å²) in [7, 11) is 1.80. The molecule has 0 N–H and O–H groups in total. The topological polar surface area (TPSA) is 65.7 Å². The molecule has 0 spiro atoms. The summed E-state index contributed by atoms with van der Waals surface area (Å²) in [4.78, 5) is 15.2. The molecule has 0 amide bonds. The molecule has 2 atom stereocenters. The van der Waals surface area contributed by atoms with E-state index >= 15 is 0 Å². The van der Waals surface area contributed by atoms with Crippen molar-refractivity contribution in [1.82, 2.24) is 24.7 Å². The standard InChI is InChI=1S/C28H37N5O/c1-6-19(11-23(34-5)20-12-29-33(13-20)21-8-9-21)25-31-24(22-10-7-18(4)30-26(22)32-25)28-14-27(15-28,16-28)17(2)3/h7,10,12-13,17,19,21,23H,6,8-9,11,14-16H2,1-5H3. The summed E-state index contributed by atoms with van der Waals surface area (Å²) in [6.45, 7) is 9.03. The van der Waals surface area contributed by atoms with Gasteiger partial charge >= 0.3 is 0 Å². The Kier molecular flexibility index (Phi) is 5.11. The van der Waals surface area contributed by atoms with Crippen LogP contribution in [-0.4, -0.2) is 31.8 Å². The Morgan fingerprint density at radius 2 is 1.88 bits per heavy atom. The van der Waals surface area contributed by atoms with Crippen LogP contribution in [0, 0.1) is 18.3 Å². The number of aromatic nitrogens is 5. The van der Waals surface area contributed by atoms with Gasteiger partial charge in [0, 0.05) is 41.3 Å². The molecular weight excluding hydrogens is 422 g/mol. The number of pyridine rings is 1. The van der Waals surface area contributed by atoms with Crippen molar-refractivity contribution >= 4 is 11.0 Å². The Morgan fingerprint density at radius 1 is 1.12 bits per heavy atom. The Labute approximate surface area is 202 Å². The molecule has 0 saturated heterocycles. The lowest BCUT2D eigenvalue weighted by atomic mass is 9.31. The van der Waals surface area contributed by atoms with Crippen molar-refractivity contribution in [3.8, 4) is 0 Å². The van der Waals surface area contributed by atoms with E-state index in [2.05, 4.69) is 48.9 Å². The van der Waals surface area contributed by atoms with Crippen molar-refractivity contribution in [3.63, 3.8) is 0 Å². The van der Waals surface area contributed by atoms with Crippen LogP contribution < -0.4 is 0 Å². The smallest absolute Gasteiger partial charge is 0.163 e. The second-order valence-corrected chi connectivity index (χ2v) is 11.6. The average molecular weight is 460 g/mol. The van der Waals surface area contributed by atoms with E-state index in [1.807, 2.05) is 13.1 Å². The summed E-state index contributed by atoms with van der Waals surface area (Å²) in [6, 6.07) is 4.88. The normalized spacial score (nSPS) is 27.5. The largest absolute Gasteiger partial charge is 0.377 e. The highest BCUT2D eigenvalue weighted by molar-refractivity contribution is 5.79. The first-order valence-corrected chi connectivity index (χ1v) is 13.1. The van der Waals surface area contributed by atoms with Crippen molar-refractivity contribution < 1.29 is 4.74 Å². The summed E-state index contributed by atoms with van der Waals surface area (Å²) in [5, 5.41) is 5.74. The van der Waals surface area contributed by atoms with E-state index in [0.29, 0.717) is 11.5 Å². The fourth-order valence-electron chi connectivity index (χ4n) is 6.58. The van der Waals surface area contributed by atoms with Gasteiger partial charge in [-0.15, -0.1) is 0 Å². The first-order chi connectivity index (χ1) is 16.4. The van der Waals surface area contributed by atoms with E-state index in [9.17, 15) is 0 Å². The molecule has 3 aromatic heterocycles. The lowest BCUT2D eigenvalue weighted by Crippen LogP contribution is -2.67. The maximum absolute atomic E-state index is 5.96. The van der Waals surface area contributed by atoms with Crippen LogP contribution in [0.5, 0.6) is 0 Å². The van der Waals surface area contributed by atoms with Crippen molar-refractivity contribution in [3.05, 3.63) is 47.3 Å². The Morgan fingerprint density at radius 3 is 2.53 bits per heavy atom. The second-order valence-electron chi connectivity index (χ2n) is 11.6. The minimum absolute atomic E-state index is 0.00942. The predicted octanol–water partition coefficient (Wildman–Crippen LogP) is 6.21. The van der Waals surface area contributed by atoms with Gasteiger partial charge in [-0.25, -0.2) is 15.0 Å². The summed E-state index contributed by atoms with van der Waals surface area (Å²) in [5.74, 6) is 1.89. The van der Waals surface area contributed by atoms with E-state index in [0.717, 1.165) is 46.9 Å². The highest BCUT2D eigenvalue weighted by Gasteiger charge is 2.70. The SMILES string of the molecule is CCC(CC(OC)c1cnn(C2CC2)c1)c1nc(C23CC(C(C)C)(C2)C3)c2ccc(C)nc2n1. The molecule has 34 heavy (non-hydrogen) atoms. The number of methoxy groups -OCH3 is 1. The first kappa shape index (κ1) is 22.1. The van der Waals surface area contributed by atoms with E-state index in [-0.39, 0.29) is 17.4 Å². The Balaban J connectivity index is 1.33. The quantitative estimate of drug-likeness (QED) is 0.380. The predicted molar refractivity (Wildman–Crippen MR) is 133 cm³/mol. The highest BCUT2D eigenvalue weighted by Crippen LogP contribution is 2.76. The fourth-order valence-corrected chi connectivity index (χ4v) is 6.58. The van der Waals surface area contributed by atoms with E-state index in [1.165, 1.54) is 37.8 Å². The van der Waals surface area contributed by atoms with Crippen LogP contribution in [0.25, 0.3) is 11.0 Å². The zero-order valence-corrected chi connectivity index (χ0v) is 21.2. The van der Waals surface area contributed by atoms with Crippen LogP contribution in [-0.2, 0) is 10.2 Å². The molecule has 3 heterocycles. The molecule has 2 bridgehead atoms. The van der Waals surface area contributed by atoms with Gasteiger partial charge in [0.2, 0.25) is 0 Å². The highest BCUT2D eigenvalue weighted by atomic mass is 16.5. The summed E-state index contributed by atoms with van der Waals surface area (Å²) >= 11 is 0. The molecule has 0 radical (unpaired) electrons. The minimum atomic E-state index is -0.00942. The van der Waals surface area contributed by atoms with Gasteiger partial charge in [0.05, 0.1) is 24.0 Å². The third-order valence-electron chi connectivity index (χ3n) is 9.07. The number of nitrogens with zero attached hydrogens (tertiary/aromatic N) is 5. The van der Waals surface area contributed by atoms with Gasteiger partial charge in [-0.3, -0.25) is 4.68 Å². The van der Waals surface area contributed by atoms with Gasteiger partial charge in [-0.05, 0) is 75.3 Å². The van der Waals surface area contributed by atoms with Crippen LogP contribution in [0.1, 0.15) is 107 Å². The van der Waals surface area contributed by atoms with Gasteiger partial charge < -0.3 is 4.74 Å². The van der Waals surface area contributed by atoms with Crippen LogP contribution in [0.15, 0.2) is 24.5 Å². The molecule has 6 heteroatoms. The van der Waals surface area contributed by atoms with Crippen LogP contribution in [0.2, 0.25) is 0 Å². The zero-order chi connectivity index (χ0) is 23.7. The molecule has 4 fully saturated rings. The number of ether oxygens (including phenoxy) is 1. The number of rotatable bonds is 9. The second kappa shape index (κ2) is 7.84. The van der Waals surface area contributed by atoms with Gasteiger partial charge in [-0.2, -0.15) is 5.10 Å². The monoisotopic (exact) mass is 459 g/mol. The maximum atomic E-state index is 5.96. The molecule has 3 aromatic rings. The van der Waals surface area contributed by atoms with Crippen LogP contribution >= 0.6 is 0 Å². The Bertz CT molecular complexity index is 1210. The average Bonchev–Trinajstić information content (AvgIpc) is 3.49. The van der Waals surface area contributed by atoms with Crippen LogP contribution in [0.4, 0.5) is 0 Å². The number of hydrogen-bond acceptors (Lipinski definition) is 5. The lowest BCUT2D eigenvalue weighted by molar-refractivity contribution is -0.173. The zero-order valence-electron chi connectivity index (χ0n) is 21.2. The minimum Gasteiger partial charge on any atom is -0.377 e. The van der Waals surface area contributed by atoms with Gasteiger partial charge in [0.15, 0.2) is 5.65 Å². The molecule has 0 aromatic carbocycles. The molecule has 4 aliphatic rings. The number of aryl methyl sites for hydroxylation is 1. The molecule has 2 unspecified atom stereocenters. The molecule has 7 rings (SSSR count). The Hall–Kier alpha value is -2.34. The van der Waals surface area contributed by atoms with Crippen LogP contribution in [0.3, 0.4) is 0 Å². The van der Waals surface area contributed by atoms with E-state index < -0.39 is 0 Å². The van der Waals surface area contributed by atoms with Crippen molar-refractivity contribution in [1.29, 1.82) is 0 Å². The van der Waals surface area contributed by atoms with E-state index in [4.69, 9.17) is 19.7 Å². The van der Waals surface area contributed by atoms with Crippen molar-refractivity contribution in [2.75, 3.05) is 7.11 Å². The molecule has 4 aliphatic carbocycles. The third-order valence-corrected chi connectivity index (χ3v) is 9.07. The van der Waals surface area contributed by atoms with Gasteiger partial charge in [0.25, 0.3) is 0 Å². The number of hydrogen-bond donors (Lipinski definition) is 0.